The number of aliphatic hydroxyl groups excluding tert-OH is 1. The molecule has 2 heterocycles. The van der Waals surface area contributed by atoms with E-state index in [1.165, 1.54) is 0 Å². The van der Waals surface area contributed by atoms with Crippen LogP contribution >= 0.6 is 0 Å². The molecule has 0 saturated heterocycles. The number of aliphatic hydroxyl groups is 1. The van der Waals surface area contributed by atoms with Crippen LogP contribution in [0.3, 0.4) is 0 Å². The number of alkyl halides is 1. The van der Waals surface area contributed by atoms with Gasteiger partial charge in [-0.3, -0.25) is 4.79 Å². The number of nitrogens with one attached hydrogen (secondary N) is 2. The van der Waals surface area contributed by atoms with Crippen molar-refractivity contribution in [3.63, 3.8) is 0 Å². The lowest BCUT2D eigenvalue weighted by atomic mass is 9.73. The van der Waals surface area contributed by atoms with Crippen molar-refractivity contribution in [1.29, 1.82) is 0 Å². The van der Waals surface area contributed by atoms with Crippen LogP contribution in [0, 0.1) is 5.41 Å². The normalized spacial score (nSPS) is 20.6. The summed E-state index contributed by atoms with van der Waals surface area (Å²) in [5.41, 5.74) is 2.36. The van der Waals surface area contributed by atoms with Crippen molar-refractivity contribution < 1.29 is 19.0 Å². The highest BCUT2D eigenvalue weighted by atomic mass is 19.1. The van der Waals surface area contributed by atoms with Crippen LogP contribution in [0.25, 0.3) is 0 Å². The first-order valence-electron chi connectivity index (χ1n) is 13.3. The standard InChI is InChI=1S/C30H40FN3O3/c1-5-10-23(34-27(36)26(31)21-11-7-6-8-12-21)25(35)19-32-24-17-30(13-9-14-30)37-28-22(24)15-20(18-33-28)16-29(2,3)4/h5-8,11-12,15,18,23-26,32,35H,1,9-10,13-14,16-17,19H2,2-4H3,(H,34,36)/t23-,24-,25+,26+/m0/s1. The number of hydrogen-bond donors (Lipinski definition) is 3. The van der Waals surface area contributed by atoms with Gasteiger partial charge in [-0.15, -0.1) is 6.58 Å². The summed E-state index contributed by atoms with van der Waals surface area (Å²) in [6.07, 6.45) is 5.92. The average Bonchev–Trinajstić information content (AvgIpc) is 2.84. The molecule has 1 aliphatic carbocycles. The third kappa shape index (κ3) is 6.76. The number of carbonyl (C=O) groups excluding carboxylic acids is 1. The minimum absolute atomic E-state index is 0.0376. The maximum atomic E-state index is 14.8. The maximum Gasteiger partial charge on any atom is 0.259 e. The molecular weight excluding hydrogens is 469 g/mol. The molecule has 3 N–H and O–H groups in total. The molecule has 1 spiro atoms. The molecule has 1 aromatic heterocycles. The highest BCUT2D eigenvalue weighted by Gasteiger charge is 2.46. The predicted molar refractivity (Wildman–Crippen MR) is 143 cm³/mol. The number of aromatic nitrogens is 1. The van der Waals surface area contributed by atoms with Gasteiger partial charge >= 0.3 is 0 Å². The highest BCUT2D eigenvalue weighted by Crippen LogP contribution is 2.48. The van der Waals surface area contributed by atoms with Gasteiger partial charge in [-0.05, 0) is 54.7 Å². The third-order valence-electron chi connectivity index (χ3n) is 7.31. The molecule has 2 aliphatic rings. The number of amides is 1. The largest absolute Gasteiger partial charge is 0.471 e. The number of carbonyl (C=O) groups is 1. The smallest absolute Gasteiger partial charge is 0.259 e. The molecule has 37 heavy (non-hydrogen) atoms. The first-order valence-corrected chi connectivity index (χ1v) is 13.3. The minimum atomic E-state index is -1.80. The van der Waals surface area contributed by atoms with Gasteiger partial charge in [0.2, 0.25) is 12.1 Å². The van der Waals surface area contributed by atoms with E-state index in [0.717, 1.165) is 43.2 Å². The Morgan fingerprint density at radius 3 is 2.68 bits per heavy atom. The SMILES string of the molecule is C=CC[C@H](NC(=O)[C@H](F)c1ccccc1)[C@H](O)CN[C@H]1CC2(CCC2)Oc2ncc(CC(C)(C)C)cc21. The van der Waals surface area contributed by atoms with Gasteiger partial charge in [0.1, 0.15) is 5.60 Å². The molecule has 7 heteroatoms. The van der Waals surface area contributed by atoms with E-state index in [1.54, 1.807) is 36.4 Å². The lowest BCUT2D eigenvalue weighted by molar-refractivity contribution is -0.127. The van der Waals surface area contributed by atoms with Crippen LogP contribution in [0.15, 0.2) is 55.3 Å². The number of halogens is 1. The second kappa shape index (κ2) is 11.3. The zero-order valence-electron chi connectivity index (χ0n) is 22.2. The summed E-state index contributed by atoms with van der Waals surface area (Å²) in [7, 11) is 0. The second-order valence-electron chi connectivity index (χ2n) is 11.8. The van der Waals surface area contributed by atoms with Crippen LogP contribution in [0.4, 0.5) is 4.39 Å². The topological polar surface area (TPSA) is 83.5 Å². The Morgan fingerprint density at radius 2 is 2.05 bits per heavy atom. The number of nitrogens with zero attached hydrogens (tertiary/aromatic N) is 1. The summed E-state index contributed by atoms with van der Waals surface area (Å²) < 4.78 is 21.1. The quantitative estimate of drug-likeness (QED) is 0.387. The monoisotopic (exact) mass is 509 g/mol. The van der Waals surface area contributed by atoms with Crippen LogP contribution in [0.1, 0.15) is 81.8 Å². The molecular formula is C30H40FN3O3. The average molecular weight is 510 g/mol. The van der Waals surface area contributed by atoms with Crippen molar-refractivity contribution >= 4 is 5.91 Å². The molecule has 1 fully saturated rings. The summed E-state index contributed by atoms with van der Waals surface area (Å²) in [6, 6.07) is 9.77. The molecule has 4 rings (SSSR count). The molecule has 200 valence electrons. The van der Waals surface area contributed by atoms with Gasteiger partial charge in [0, 0.05) is 30.8 Å². The van der Waals surface area contributed by atoms with Crippen LogP contribution in [-0.2, 0) is 11.2 Å². The molecule has 0 radical (unpaired) electrons. The van der Waals surface area contributed by atoms with Crippen molar-refractivity contribution in [3.8, 4) is 5.88 Å². The summed E-state index contributed by atoms with van der Waals surface area (Å²) in [4.78, 5) is 17.3. The lowest BCUT2D eigenvalue weighted by Crippen LogP contribution is -2.52. The Morgan fingerprint density at radius 1 is 1.32 bits per heavy atom. The molecule has 1 aliphatic heterocycles. The minimum Gasteiger partial charge on any atom is -0.471 e. The fourth-order valence-corrected chi connectivity index (χ4v) is 5.27. The van der Waals surface area contributed by atoms with E-state index < -0.39 is 24.2 Å². The van der Waals surface area contributed by atoms with Crippen molar-refractivity contribution in [3.05, 3.63) is 71.9 Å². The van der Waals surface area contributed by atoms with Crippen molar-refractivity contribution in [1.82, 2.24) is 15.6 Å². The number of rotatable bonds is 10. The highest BCUT2D eigenvalue weighted by molar-refractivity contribution is 5.82. The lowest BCUT2D eigenvalue weighted by Gasteiger charge is -2.47. The predicted octanol–water partition coefficient (Wildman–Crippen LogP) is 5.14. The number of benzene rings is 1. The summed E-state index contributed by atoms with van der Waals surface area (Å²) in [5.74, 6) is -0.104. The first-order chi connectivity index (χ1) is 17.6. The molecule has 1 aromatic carbocycles. The van der Waals surface area contributed by atoms with E-state index in [9.17, 15) is 14.3 Å². The molecule has 6 nitrogen and oxygen atoms in total. The van der Waals surface area contributed by atoms with E-state index in [0.29, 0.717) is 12.3 Å². The van der Waals surface area contributed by atoms with Crippen LogP contribution in [0.2, 0.25) is 0 Å². The van der Waals surface area contributed by atoms with Gasteiger partial charge in [-0.1, -0.05) is 57.2 Å². The van der Waals surface area contributed by atoms with Gasteiger partial charge in [0.25, 0.3) is 5.91 Å². The molecule has 4 atom stereocenters. The Hall–Kier alpha value is -2.77. The zero-order chi connectivity index (χ0) is 26.6. The van der Waals surface area contributed by atoms with Crippen molar-refractivity contribution in [2.75, 3.05) is 6.54 Å². The van der Waals surface area contributed by atoms with E-state index in [1.807, 2.05) is 6.20 Å². The molecule has 0 bridgehead atoms. The van der Waals surface area contributed by atoms with E-state index in [2.05, 4.69) is 49.0 Å². The van der Waals surface area contributed by atoms with E-state index >= 15 is 0 Å². The first kappa shape index (κ1) is 27.3. The fraction of sp³-hybridized carbons (Fsp3) is 0.533. The Balaban J connectivity index is 1.45. The van der Waals surface area contributed by atoms with Crippen LogP contribution in [-0.4, -0.2) is 40.3 Å². The second-order valence-corrected chi connectivity index (χ2v) is 11.8. The number of pyridine rings is 1. The third-order valence-corrected chi connectivity index (χ3v) is 7.31. The summed E-state index contributed by atoms with van der Waals surface area (Å²) >= 11 is 0. The number of ether oxygens (including phenoxy) is 1. The number of hydrogen-bond acceptors (Lipinski definition) is 5. The van der Waals surface area contributed by atoms with Gasteiger partial charge in [-0.2, -0.15) is 0 Å². The summed E-state index contributed by atoms with van der Waals surface area (Å²) in [5, 5.41) is 17.2. The Kier molecular flexibility index (Phi) is 8.34. The van der Waals surface area contributed by atoms with Crippen molar-refractivity contribution in [2.24, 2.45) is 5.41 Å². The van der Waals surface area contributed by atoms with Crippen LogP contribution < -0.4 is 15.4 Å². The Labute approximate surface area is 219 Å². The van der Waals surface area contributed by atoms with Gasteiger partial charge < -0.3 is 20.5 Å². The van der Waals surface area contributed by atoms with Gasteiger partial charge in [0.15, 0.2) is 0 Å². The Bertz CT molecular complexity index is 1080. The maximum absolute atomic E-state index is 14.8. The van der Waals surface area contributed by atoms with E-state index in [-0.39, 0.29) is 29.2 Å². The fourth-order valence-electron chi connectivity index (χ4n) is 5.27. The van der Waals surface area contributed by atoms with Crippen LogP contribution in [0.5, 0.6) is 5.88 Å². The van der Waals surface area contributed by atoms with Gasteiger partial charge in [-0.25, -0.2) is 9.37 Å². The van der Waals surface area contributed by atoms with Crippen molar-refractivity contribution in [2.45, 2.75) is 89.3 Å². The molecule has 2 aromatic rings. The zero-order valence-corrected chi connectivity index (χ0v) is 22.2. The van der Waals surface area contributed by atoms with E-state index in [4.69, 9.17) is 4.74 Å². The molecule has 1 saturated carbocycles. The molecule has 0 unspecified atom stereocenters. The summed E-state index contributed by atoms with van der Waals surface area (Å²) in [6.45, 7) is 10.6. The molecule has 1 amide bonds. The number of fused-ring (bicyclic) bond motifs is 1. The van der Waals surface area contributed by atoms with Gasteiger partial charge in [0.05, 0.1) is 12.1 Å².